The highest BCUT2D eigenvalue weighted by molar-refractivity contribution is 8.13. The lowest BCUT2D eigenvalue weighted by molar-refractivity contribution is -0.137. The Morgan fingerprint density at radius 3 is 2.63 bits per heavy atom. The van der Waals surface area contributed by atoms with E-state index in [1.807, 2.05) is 0 Å². The van der Waals surface area contributed by atoms with E-state index in [4.69, 9.17) is 15.9 Å². The molecule has 0 aliphatic carbocycles. The van der Waals surface area contributed by atoms with Crippen LogP contribution in [0.25, 0.3) is 0 Å². The van der Waals surface area contributed by atoms with Crippen LogP contribution in [0.1, 0.15) is 12.0 Å². The van der Waals surface area contributed by atoms with Gasteiger partial charge in [-0.15, -0.1) is 12.4 Å². The Morgan fingerprint density at radius 1 is 1.37 bits per heavy atom. The molecule has 0 saturated heterocycles. The van der Waals surface area contributed by atoms with Crippen LogP contribution in [0.3, 0.4) is 0 Å². The van der Waals surface area contributed by atoms with Crippen LogP contribution in [-0.2, 0) is 6.18 Å². The number of benzene rings is 1. The van der Waals surface area contributed by atoms with Crippen LogP contribution in [0.5, 0.6) is 5.75 Å². The Labute approximate surface area is 119 Å². The SMILES string of the molecule is Cl.N=C(N)SCCCOc1cccc(C(F)(F)F)c1. The fraction of sp³-hybridized carbons (Fsp3) is 0.364. The first kappa shape index (κ1) is 17.9. The van der Waals surface area contributed by atoms with Gasteiger partial charge in [0, 0.05) is 5.75 Å². The quantitative estimate of drug-likeness (QED) is 0.496. The largest absolute Gasteiger partial charge is 0.494 e. The molecule has 0 aliphatic heterocycles. The molecule has 0 heterocycles. The van der Waals surface area contributed by atoms with Gasteiger partial charge >= 0.3 is 6.18 Å². The van der Waals surface area contributed by atoms with Gasteiger partial charge in [0.1, 0.15) is 5.75 Å². The van der Waals surface area contributed by atoms with E-state index in [-0.39, 0.29) is 23.3 Å². The molecule has 3 nitrogen and oxygen atoms in total. The number of nitrogens with one attached hydrogen (secondary N) is 1. The summed E-state index contributed by atoms with van der Waals surface area (Å²) in [5.41, 5.74) is 4.41. The molecule has 0 radical (unpaired) electrons. The number of thioether (sulfide) groups is 1. The first-order valence-electron chi connectivity index (χ1n) is 5.16. The average molecular weight is 315 g/mol. The minimum Gasteiger partial charge on any atom is -0.494 e. The summed E-state index contributed by atoms with van der Waals surface area (Å²) in [6.07, 6.45) is -3.75. The first-order chi connectivity index (χ1) is 8.39. The van der Waals surface area contributed by atoms with Crippen molar-refractivity contribution < 1.29 is 17.9 Å². The Bertz CT molecular complexity index is 415. The van der Waals surface area contributed by atoms with Crippen molar-refractivity contribution in [3.05, 3.63) is 29.8 Å². The maximum absolute atomic E-state index is 12.4. The van der Waals surface area contributed by atoms with Gasteiger partial charge in [-0.2, -0.15) is 13.2 Å². The average Bonchev–Trinajstić information content (AvgIpc) is 2.27. The molecular weight excluding hydrogens is 301 g/mol. The molecule has 0 spiro atoms. The zero-order chi connectivity index (χ0) is 13.6. The molecule has 1 aromatic carbocycles. The lowest BCUT2D eigenvalue weighted by Gasteiger charge is -2.10. The summed E-state index contributed by atoms with van der Waals surface area (Å²) in [5, 5.41) is 6.99. The summed E-state index contributed by atoms with van der Waals surface area (Å²) in [6, 6.07) is 4.76. The van der Waals surface area contributed by atoms with E-state index in [1.54, 1.807) is 0 Å². The molecule has 0 amide bonds. The summed E-state index contributed by atoms with van der Waals surface area (Å²) in [7, 11) is 0. The van der Waals surface area contributed by atoms with Crippen LogP contribution >= 0.6 is 24.2 Å². The van der Waals surface area contributed by atoms with Crippen molar-refractivity contribution in [3.63, 3.8) is 0 Å². The van der Waals surface area contributed by atoms with E-state index in [0.717, 1.165) is 12.1 Å². The maximum Gasteiger partial charge on any atom is 0.416 e. The number of halogens is 4. The van der Waals surface area contributed by atoms with Crippen LogP contribution in [-0.4, -0.2) is 17.5 Å². The fourth-order valence-corrected chi connectivity index (χ4v) is 1.68. The lowest BCUT2D eigenvalue weighted by Crippen LogP contribution is -2.07. The number of nitrogens with two attached hydrogens (primary N) is 1. The molecule has 8 heteroatoms. The van der Waals surface area contributed by atoms with Crippen molar-refractivity contribution in [2.24, 2.45) is 5.73 Å². The third-order valence-corrected chi connectivity index (χ3v) is 2.78. The summed E-state index contributed by atoms with van der Waals surface area (Å²) in [6.45, 7) is 0.293. The molecule has 1 rings (SSSR count). The molecule has 1 aromatic rings. The van der Waals surface area contributed by atoms with Crippen LogP contribution in [0.15, 0.2) is 24.3 Å². The van der Waals surface area contributed by atoms with E-state index in [1.165, 1.54) is 23.9 Å². The maximum atomic E-state index is 12.4. The second-order valence-electron chi connectivity index (χ2n) is 3.44. The van der Waals surface area contributed by atoms with Gasteiger partial charge in [0.25, 0.3) is 0 Å². The molecule has 0 bridgehead atoms. The molecule has 0 aromatic heterocycles. The molecule has 19 heavy (non-hydrogen) atoms. The molecule has 0 saturated carbocycles. The normalized spacial score (nSPS) is 10.7. The number of rotatable bonds is 5. The molecular formula is C11H14ClF3N2OS. The second-order valence-corrected chi connectivity index (χ2v) is 4.58. The highest BCUT2D eigenvalue weighted by Crippen LogP contribution is 2.31. The summed E-state index contributed by atoms with van der Waals surface area (Å²) >= 11 is 1.17. The third-order valence-electron chi connectivity index (χ3n) is 1.98. The van der Waals surface area contributed by atoms with Gasteiger partial charge in [0.15, 0.2) is 5.17 Å². The van der Waals surface area contributed by atoms with Gasteiger partial charge in [0.05, 0.1) is 12.2 Å². The molecule has 3 N–H and O–H groups in total. The summed E-state index contributed by atoms with van der Waals surface area (Å²) in [5.74, 6) is 0.798. The number of hydrogen-bond donors (Lipinski definition) is 2. The first-order valence-corrected chi connectivity index (χ1v) is 6.15. The van der Waals surface area contributed by atoms with Gasteiger partial charge in [0.2, 0.25) is 0 Å². The van der Waals surface area contributed by atoms with Crippen molar-refractivity contribution in [2.75, 3.05) is 12.4 Å². The van der Waals surface area contributed by atoms with Gasteiger partial charge < -0.3 is 10.5 Å². The fourth-order valence-electron chi connectivity index (χ4n) is 1.19. The van der Waals surface area contributed by atoms with Crippen LogP contribution < -0.4 is 10.5 Å². The molecule has 0 fully saturated rings. The van der Waals surface area contributed by atoms with Crippen LogP contribution in [0, 0.1) is 5.41 Å². The Hall–Kier alpha value is -1.08. The topological polar surface area (TPSA) is 59.1 Å². The van der Waals surface area contributed by atoms with E-state index in [0.29, 0.717) is 18.8 Å². The van der Waals surface area contributed by atoms with E-state index >= 15 is 0 Å². The second kappa shape index (κ2) is 8.16. The summed E-state index contributed by atoms with van der Waals surface area (Å²) in [4.78, 5) is 0. The van der Waals surface area contributed by atoms with Gasteiger partial charge in [-0.1, -0.05) is 17.8 Å². The highest BCUT2D eigenvalue weighted by Gasteiger charge is 2.30. The van der Waals surface area contributed by atoms with Crippen molar-refractivity contribution >= 4 is 29.3 Å². The Morgan fingerprint density at radius 2 is 2.05 bits per heavy atom. The number of amidine groups is 1. The Kier molecular flexibility index (Phi) is 7.70. The third kappa shape index (κ3) is 7.17. The standard InChI is InChI=1S/C11H13F3N2OS.ClH/c12-11(13,14)8-3-1-4-9(7-8)17-5-2-6-18-10(15)16;/h1,3-4,7H,2,5-6H2,(H3,15,16);1H. The lowest BCUT2D eigenvalue weighted by atomic mass is 10.2. The van der Waals surface area contributed by atoms with Crippen molar-refractivity contribution in [1.82, 2.24) is 0 Å². The van der Waals surface area contributed by atoms with Crippen molar-refractivity contribution in [1.29, 1.82) is 5.41 Å². The van der Waals surface area contributed by atoms with Crippen molar-refractivity contribution in [3.8, 4) is 5.75 Å². The smallest absolute Gasteiger partial charge is 0.416 e. The summed E-state index contributed by atoms with van der Waals surface area (Å²) < 4.78 is 42.4. The minimum atomic E-state index is -4.36. The minimum absolute atomic E-state index is 0. The number of alkyl halides is 3. The zero-order valence-electron chi connectivity index (χ0n) is 9.87. The molecule has 0 unspecified atom stereocenters. The van der Waals surface area contributed by atoms with Crippen LogP contribution in [0.2, 0.25) is 0 Å². The van der Waals surface area contributed by atoms with Crippen LogP contribution in [0.4, 0.5) is 13.2 Å². The highest BCUT2D eigenvalue weighted by atomic mass is 35.5. The zero-order valence-corrected chi connectivity index (χ0v) is 11.5. The predicted molar refractivity (Wildman–Crippen MR) is 73.2 cm³/mol. The van der Waals surface area contributed by atoms with E-state index in [9.17, 15) is 13.2 Å². The van der Waals surface area contributed by atoms with Gasteiger partial charge in [-0.25, -0.2) is 0 Å². The monoisotopic (exact) mass is 314 g/mol. The predicted octanol–water partition coefficient (Wildman–Crippen LogP) is 3.52. The Balaban J connectivity index is 0.00000324. The van der Waals surface area contributed by atoms with Crippen molar-refractivity contribution in [2.45, 2.75) is 12.6 Å². The van der Waals surface area contributed by atoms with Gasteiger partial charge in [-0.3, -0.25) is 5.41 Å². The molecule has 0 aliphatic rings. The van der Waals surface area contributed by atoms with E-state index in [2.05, 4.69) is 0 Å². The number of hydrogen-bond acceptors (Lipinski definition) is 3. The molecule has 108 valence electrons. The van der Waals surface area contributed by atoms with Gasteiger partial charge in [-0.05, 0) is 24.6 Å². The molecule has 0 atom stereocenters. The van der Waals surface area contributed by atoms with E-state index < -0.39 is 11.7 Å². The number of ether oxygens (including phenoxy) is 1.